The summed E-state index contributed by atoms with van der Waals surface area (Å²) in [5, 5.41) is 0.409. The van der Waals surface area contributed by atoms with Crippen molar-refractivity contribution in [3.05, 3.63) is 53.6 Å². The molecule has 4 rings (SSSR count). The topological polar surface area (TPSA) is 46.6 Å². The summed E-state index contributed by atoms with van der Waals surface area (Å²) in [6.07, 6.45) is 3.54. The van der Waals surface area contributed by atoms with Crippen molar-refractivity contribution in [2.45, 2.75) is 25.7 Å². The van der Waals surface area contributed by atoms with E-state index in [-0.39, 0.29) is 23.7 Å². The molecule has 2 aromatic rings. The van der Waals surface area contributed by atoms with E-state index >= 15 is 0 Å². The molecule has 5 heteroatoms. The zero-order valence-electron chi connectivity index (χ0n) is 15.1. The molecule has 2 fully saturated rings. The molecule has 1 atom stereocenters. The van der Waals surface area contributed by atoms with Gasteiger partial charge in [0.1, 0.15) is 5.75 Å². The number of nitrogens with zero attached hydrogens (tertiary/aromatic N) is 1. The summed E-state index contributed by atoms with van der Waals surface area (Å²) in [4.78, 5) is 26.7. The molecule has 1 aliphatic heterocycles. The molecule has 0 aromatic heterocycles. The average molecular weight is 384 g/mol. The number of carbonyl (C=O) groups is 2. The van der Waals surface area contributed by atoms with Crippen molar-refractivity contribution in [2.24, 2.45) is 11.8 Å². The van der Waals surface area contributed by atoms with Crippen LogP contribution in [0.3, 0.4) is 0 Å². The molecule has 0 bridgehead atoms. The standard InChI is InChI=1S/C22H22ClNO3/c23-19-13-17(15-5-2-1-3-6-15)10-11-20(19)27-22(26)18-7-4-12-24(14-18)21(25)16-8-9-16/h1-3,5-6,10-11,13,16,18H,4,7-9,12,14H2. The van der Waals surface area contributed by atoms with Gasteiger partial charge in [-0.2, -0.15) is 0 Å². The fourth-order valence-corrected chi connectivity index (χ4v) is 3.76. The summed E-state index contributed by atoms with van der Waals surface area (Å²) in [5.74, 6) is 0.147. The van der Waals surface area contributed by atoms with Crippen LogP contribution in [0.2, 0.25) is 5.02 Å². The van der Waals surface area contributed by atoms with Crippen LogP contribution < -0.4 is 4.74 Å². The predicted octanol–water partition coefficient (Wildman–Crippen LogP) is 4.56. The van der Waals surface area contributed by atoms with Crippen molar-refractivity contribution >= 4 is 23.5 Å². The number of halogens is 1. The molecule has 1 amide bonds. The van der Waals surface area contributed by atoms with Crippen molar-refractivity contribution in [2.75, 3.05) is 13.1 Å². The molecule has 2 aromatic carbocycles. The first-order chi connectivity index (χ1) is 13.1. The lowest BCUT2D eigenvalue weighted by Crippen LogP contribution is -2.44. The van der Waals surface area contributed by atoms with Crippen LogP contribution in [0.4, 0.5) is 0 Å². The number of hydrogen-bond donors (Lipinski definition) is 0. The highest BCUT2D eigenvalue weighted by molar-refractivity contribution is 6.32. The van der Waals surface area contributed by atoms with E-state index in [0.717, 1.165) is 43.4 Å². The van der Waals surface area contributed by atoms with E-state index in [2.05, 4.69) is 0 Å². The quantitative estimate of drug-likeness (QED) is 0.574. The summed E-state index contributed by atoms with van der Waals surface area (Å²) >= 11 is 6.35. The molecule has 4 nitrogen and oxygen atoms in total. The normalized spacial score (nSPS) is 19.6. The number of carbonyl (C=O) groups excluding carboxylic acids is 2. The molecule has 1 heterocycles. The van der Waals surface area contributed by atoms with Crippen LogP contribution in [-0.2, 0) is 9.59 Å². The van der Waals surface area contributed by atoms with Crippen LogP contribution >= 0.6 is 11.6 Å². The first-order valence-electron chi connectivity index (χ1n) is 9.47. The van der Waals surface area contributed by atoms with E-state index in [9.17, 15) is 9.59 Å². The second kappa shape index (κ2) is 7.73. The molecule has 0 radical (unpaired) electrons. The third-order valence-corrected chi connectivity index (χ3v) is 5.54. The Morgan fingerprint density at radius 2 is 1.74 bits per heavy atom. The van der Waals surface area contributed by atoms with E-state index in [1.807, 2.05) is 47.4 Å². The Morgan fingerprint density at radius 1 is 0.963 bits per heavy atom. The van der Waals surface area contributed by atoms with Gasteiger partial charge in [-0.15, -0.1) is 0 Å². The third-order valence-electron chi connectivity index (χ3n) is 5.24. The minimum Gasteiger partial charge on any atom is -0.425 e. The van der Waals surface area contributed by atoms with E-state index in [4.69, 9.17) is 16.3 Å². The number of piperidine rings is 1. The monoisotopic (exact) mass is 383 g/mol. The Kier molecular flexibility index (Phi) is 5.17. The van der Waals surface area contributed by atoms with Gasteiger partial charge in [-0.3, -0.25) is 9.59 Å². The van der Waals surface area contributed by atoms with Gasteiger partial charge in [0.05, 0.1) is 10.9 Å². The zero-order valence-corrected chi connectivity index (χ0v) is 15.8. The van der Waals surface area contributed by atoms with Gasteiger partial charge in [-0.1, -0.05) is 48.0 Å². The fourth-order valence-electron chi connectivity index (χ4n) is 3.54. The maximum atomic E-state index is 12.6. The maximum Gasteiger partial charge on any atom is 0.316 e. The highest BCUT2D eigenvalue weighted by Crippen LogP contribution is 2.34. The van der Waals surface area contributed by atoms with E-state index in [1.54, 1.807) is 6.07 Å². The largest absolute Gasteiger partial charge is 0.425 e. The Labute approximate surface area is 164 Å². The van der Waals surface area contributed by atoms with E-state index in [1.165, 1.54) is 0 Å². The van der Waals surface area contributed by atoms with Crippen molar-refractivity contribution < 1.29 is 14.3 Å². The van der Waals surface area contributed by atoms with Crippen molar-refractivity contribution in [3.8, 4) is 16.9 Å². The van der Waals surface area contributed by atoms with Gasteiger partial charge in [-0.25, -0.2) is 0 Å². The molecule has 1 saturated heterocycles. The summed E-state index contributed by atoms with van der Waals surface area (Å²) < 4.78 is 5.57. The van der Waals surface area contributed by atoms with Crippen LogP contribution in [0.5, 0.6) is 5.75 Å². The van der Waals surface area contributed by atoms with Gasteiger partial charge in [0.2, 0.25) is 5.91 Å². The molecule has 0 N–H and O–H groups in total. The Morgan fingerprint density at radius 3 is 2.44 bits per heavy atom. The highest BCUT2D eigenvalue weighted by atomic mass is 35.5. The predicted molar refractivity (Wildman–Crippen MR) is 105 cm³/mol. The number of benzene rings is 2. The second-order valence-corrected chi connectivity index (χ2v) is 7.74. The highest BCUT2D eigenvalue weighted by Gasteiger charge is 2.37. The Hall–Kier alpha value is -2.33. The number of rotatable bonds is 4. The first kappa shape index (κ1) is 18.1. The van der Waals surface area contributed by atoms with Gasteiger partial charge in [-0.05, 0) is 48.9 Å². The van der Waals surface area contributed by atoms with Gasteiger partial charge in [0.25, 0.3) is 0 Å². The number of likely N-dealkylation sites (tertiary alicyclic amines) is 1. The lowest BCUT2D eigenvalue weighted by Gasteiger charge is -2.31. The lowest BCUT2D eigenvalue weighted by molar-refractivity contribution is -0.143. The molecule has 1 aliphatic carbocycles. The third kappa shape index (κ3) is 4.16. The summed E-state index contributed by atoms with van der Waals surface area (Å²) in [5.41, 5.74) is 2.03. The van der Waals surface area contributed by atoms with Crippen LogP contribution in [0, 0.1) is 11.8 Å². The zero-order chi connectivity index (χ0) is 18.8. The maximum absolute atomic E-state index is 12.6. The number of esters is 1. The van der Waals surface area contributed by atoms with Crippen LogP contribution in [0.15, 0.2) is 48.5 Å². The average Bonchev–Trinajstić information content (AvgIpc) is 3.55. The van der Waals surface area contributed by atoms with Gasteiger partial charge >= 0.3 is 5.97 Å². The van der Waals surface area contributed by atoms with Crippen LogP contribution in [0.1, 0.15) is 25.7 Å². The first-order valence-corrected chi connectivity index (χ1v) is 9.85. The molecular weight excluding hydrogens is 362 g/mol. The number of ether oxygens (including phenoxy) is 1. The van der Waals surface area contributed by atoms with Gasteiger partial charge in [0, 0.05) is 19.0 Å². The molecule has 27 heavy (non-hydrogen) atoms. The fraction of sp³-hybridized carbons (Fsp3) is 0.364. The summed E-state index contributed by atoms with van der Waals surface area (Å²) in [6, 6.07) is 15.3. The van der Waals surface area contributed by atoms with Crippen LogP contribution in [-0.4, -0.2) is 29.9 Å². The Balaban J connectivity index is 1.42. The smallest absolute Gasteiger partial charge is 0.316 e. The molecule has 2 aliphatic rings. The molecule has 1 unspecified atom stereocenters. The van der Waals surface area contributed by atoms with Gasteiger partial charge < -0.3 is 9.64 Å². The van der Waals surface area contributed by atoms with E-state index in [0.29, 0.717) is 17.3 Å². The minimum absolute atomic E-state index is 0.180. The SMILES string of the molecule is O=C(Oc1ccc(-c2ccccc2)cc1Cl)C1CCCN(C(=O)C2CC2)C1. The van der Waals surface area contributed by atoms with Crippen molar-refractivity contribution in [1.82, 2.24) is 4.90 Å². The van der Waals surface area contributed by atoms with Gasteiger partial charge in [0.15, 0.2) is 0 Å². The van der Waals surface area contributed by atoms with Crippen molar-refractivity contribution in [1.29, 1.82) is 0 Å². The van der Waals surface area contributed by atoms with E-state index < -0.39 is 0 Å². The number of hydrogen-bond acceptors (Lipinski definition) is 3. The van der Waals surface area contributed by atoms with Crippen molar-refractivity contribution in [3.63, 3.8) is 0 Å². The lowest BCUT2D eigenvalue weighted by atomic mass is 9.98. The number of amides is 1. The van der Waals surface area contributed by atoms with Crippen LogP contribution in [0.25, 0.3) is 11.1 Å². The summed E-state index contributed by atoms with van der Waals surface area (Å²) in [7, 11) is 0. The second-order valence-electron chi connectivity index (χ2n) is 7.33. The molecule has 0 spiro atoms. The molecule has 140 valence electrons. The minimum atomic E-state index is -0.308. The summed E-state index contributed by atoms with van der Waals surface area (Å²) in [6.45, 7) is 1.19. The Bertz CT molecular complexity index is 848. The molecule has 1 saturated carbocycles. The molecular formula is C22H22ClNO3.